The molecule has 1 aromatic carbocycles. The molecule has 2 aliphatic heterocycles. The van der Waals surface area contributed by atoms with E-state index in [-0.39, 0.29) is 29.9 Å². The minimum atomic E-state index is -0.345. The zero-order valence-electron chi connectivity index (χ0n) is 16.6. The van der Waals surface area contributed by atoms with E-state index < -0.39 is 0 Å². The lowest BCUT2D eigenvalue weighted by Crippen LogP contribution is -2.58. The Morgan fingerprint density at radius 1 is 1.14 bits per heavy atom. The molecular formula is C21H27N5O2. The number of piperazine rings is 1. The van der Waals surface area contributed by atoms with Gasteiger partial charge in [0.2, 0.25) is 5.91 Å². The van der Waals surface area contributed by atoms with Crippen LogP contribution in [0.25, 0.3) is 0 Å². The Kier molecular flexibility index (Phi) is 4.61. The molecule has 2 aliphatic rings. The molecule has 3 atom stereocenters. The van der Waals surface area contributed by atoms with Gasteiger partial charge in [-0.05, 0) is 51.8 Å². The number of aryl methyl sites for hydroxylation is 2. The quantitative estimate of drug-likeness (QED) is 0.826. The summed E-state index contributed by atoms with van der Waals surface area (Å²) in [7, 11) is 0. The number of hydrogen-bond acceptors (Lipinski definition) is 4. The molecule has 1 aromatic heterocycles. The molecule has 2 saturated heterocycles. The van der Waals surface area contributed by atoms with Crippen molar-refractivity contribution in [3.8, 4) is 0 Å². The van der Waals surface area contributed by atoms with Crippen molar-refractivity contribution in [1.29, 1.82) is 0 Å². The van der Waals surface area contributed by atoms with Gasteiger partial charge >= 0.3 is 0 Å². The first kappa shape index (κ1) is 18.5. The van der Waals surface area contributed by atoms with Crippen molar-refractivity contribution in [3.05, 3.63) is 47.3 Å². The van der Waals surface area contributed by atoms with Gasteiger partial charge in [0.1, 0.15) is 6.04 Å². The SMILES string of the molecule is Cc1ccc(N)c(C(=O)N2[C@@H]3CC[C@H]2CN(C(=O)C(C)n2ccc(C)n2)C3)c1. The van der Waals surface area contributed by atoms with Crippen LogP contribution in [-0.4, -0.2) is 56.6 Å². The number of carbonyl (C=O) groups is 2. The summed E-state index contributed by atoms with van der Waals surface area (Å²) in [5.41, 5.74) is 9.06. The Hall–Kier alpha value is -2.83. The Morgan fingerprint density at radius 3 is 2.43 bits per heavy atom. The molecule has 2 aromatic rings. The maximum absolute atomic E-state index is 13.2. The molecule has 7 heteroatoms. The molecule has 2 fully saturated rings. The standard InChI is InChI=1S/C21H27N5O2/c1-13-4-7-19(22)18(10-13)21(28)26-16-5-6-17(26)12-24(11-16)20(27)15(3)25-9-8-14(2)23-25/h4,7-10,15-17H,5-6,11-12,22H2,1-3H3/t15?,16-,17+. The highest BCUT2D eigenvalue weighted by Crippen LogP contribution is 2.33. The van der Waals surface area contributed by atoms with E-state index in [1.807, 2.05) is 55.0 Å². The van der Waals surface area contributed by atoms with Crippen LogP contribution in [0, 0.1) is 13.8 Å². The van der Waals surface area contributed by atoms with Gasteiger partial charge in [0.05, 0.1) is 23.3 Å². The molecule has 4 rings (SSSR count). The number of likely N-dealkylation sites (tertiary alicyclic amines) is 1. The molecule has 2 bridgehead atoms. The maximum Gasteiger partial charge on any atom is 0.256 e. The predicted octanol–water partition coefficient (Wildman–Crippen LogP) is 2.16. The third-order valence-corrected chi connectivity index (χ3v) is 5.96. The van der Waals surface area contributed by atoms with Gasteiger partial charge in [-0.1, -0.05) is 11.6 Å². The van der Waals surface area contributed by atoms with Gasteiger partial charge in [-0.3, -0.25) is 14.3 Å². The number of fused-ring (bicyclic) bond motifs is 2. The number of carbonyl (C=O) groups excluding carboxylic acids is 2. The van der Waals surface area contributed by atoms with Gasteiger partial charge in [0.15, 0.2) is 0 Å². The lowest BCUT2D eigenvalue weighted by atomic mass is 10.1. The van der Waals surface area contributed by atoms with E-state index in [2.05, 4.69) is 5.10 Å². The fraction of sp³-hybridized carbons (Fsp3) is 0.476. The fourth-order valence-corrected chi connectivity index (χ4v) is 4.44. The van der Waals surface area contributed by atoms with E-state index in [9.17, 15) is 9.59 Å². The molecular weight excluding hydrogens is 354 g/mol. The van der Waals surface area contributed by atoms with Gasteiger partial charge < -0.3 is 15.5 Å². The Labute approximate surface area is 165 Å². The monoisotopic (exact) mass is 381 g/mol. The van der Waals surface area contributed by atoms with Crippen LogP contribution >= 0.6 is 0 Å². The molecule has 7 nitrogen and oxygen atoms in total. The maximum atomic E-state index is 13.2. The minimum Gasteiger partial charge on any atom is -0.398 e. The minimum absolute atomic E-state index is 0.0171. The van der Waals surface area contributed by atoms with Crippen LogP contribution in [0.4, 0.5) is 5.69 Å². The summed E-state index contributed by atoms with van der Waals surface area (Å²) in [5.74, 6) is 0.0405. The topological polar surface area (TPSA) is 84.5 Å². The first-order valence-corrected chi connectivity index (χ1v) is 9.84. The van der Waals surface area contributed by atoms with Crippen molar-refractivity contribution < 1.29 is 9.59 Å². The van der Waals surface area contributed by atoms with Crippen molar-refractivity contribution in [1.82, 2.24) is 19.6 Å². The first-order valence-electron chi connectivity index (χ1n) is 9.84. The summed E-state index contributed by atoms with van der Waals surface area (Å²) >= 11 is 0. The van der Waals surface area contributed by atoms with Crippen LogP contribution < -0.4 is 5.73 Å². The van der Waals surface area contributed by atoms with Crippen LogP contribution in [0.1, 0.15) is 47.4 Å². The average Bonchev–Trinajstić information content (AvgIpc) is 3.22. The highest BCUT2D eigenvalue weighted by molar-refractivity contribution is 6.00. The molecule has 0 radical (unpaired) electrons. The number of hydrogen-bond donors (Lipinski definition) is 1. The number of aromatic nitrogens is 2. The largest absolute Gasteiger partial charge is 0.398 e. The number of benzene rings is 1. The Bertz CT molecular complexity index is 907. The van der Waals surface area contributed by atoms with Crippen molar-refractivity contribution in [2.24, 2.45) is 0 Å². The predicted molar refractivity (Wildman–Crippen MR) is 107 cm³/mol. The van der Waals surface area contributed by atoms with Crippen LogP contribution in [0.15, 0.2) is 30.5 Å². The van der Waals surface area contributed by atoms with E-state index in [0.717, 1.165) is 24.1 Å². The van der Waals surface area contributed by atoms with Gasteiger partial charge in [0, 0.05) is 25.0 Å². The van der Waals surface area contributed by atoms with Gasteiger partial charge in [-0.2, -0.15) is 5.10 Å². The summed E-state index contributed by atoms with van der Waals surface area (Å²) in [6, 6.07) is 7.20. The molecule has 28 heavy (non-hydrogen) atoms. The van der Waals surface area contributed by atoms with Gasteiger partial charge in [-0.25, -0.2) is 0 Å². The number of amides is 2. The zero-order chi connectivity index (χ0) is 20.0. The zero-order valence-corrected chi connectivity index (χ0v) is 16.6. The molecule has 0 saturated carbocycles. The number of nitrogen functional groups attached to an aromatic ring is 1. The Morgan fingerprint density at radius 2 is 1.82 bits per heavy atom. The number of nitrogens with zero attached hydrogens (tertiary/aromatic N) is 4. The molecule has 148 valence electrons. The van der Waals surface area contributed by atoms with Crippen LogP contribution in [0.2, 0.25) is 0 Å². The normalized spacial score (nSPS) is 22.4. The summed E-state index contributed by atoms with van der Waals surface area (Å²) in [6.45, 7) is 6.88. The van der Waals surface area contributed by atoms with E-state index in [4.69, 9.17) is 5.73 Å². The summed E-state index contributed by atoms with van der Waals surface area (Å²) in [4.78, 5) is 30.1. The molecule has 3 heterocycles. The van der Waals surface area contributed by atoms with Gasteiger partial charge in [-0.15, -0.1) is 0 Å². The van der Waals surface area contributed by atoms with Crippen LogP contribution in [-0.2, 0) is 4.79 Å². The van der Waals surface area contributed by atoms with Crippen molar-refractivity contribution in [2.75, 3.05) is 18.8 Å². The highest BCUT2D eigenvalue weighted by atomic mass is 16.2. The first-order chi connectivity index (χ1) is 13.3. The van der Waals surface area contributed by atoms with Crippen molar-refractivity contribution in [2.45, 2.75) is 51.7 Å². The molecule has 2 N–H and O–H groups in total. The lowest BCUT2D eigenvalue weighted by Gasteiger charge is -2.42. The molecule has 0 aliphatic carbocycles. The lowest BCUT2D eigenvalue weighted by molar-refractivity contribution is -0.137. The second-order valence-electron chi connectivity index (χ2n) is 8.04. The molecule has 0 spiro atoms. The van der Waals surface area contributed by atoms with E-state index in [0.29, 0.717) is 24.3 Å². The number of anilines is 1. The van der Waals surface area contributed by atoms with Crippen LogP contribution in [0.5, 0.6) is 0 Å². The second kappa shape index (κ2) is 6.96. The fourth-order valence-electron chi connectivity index (χ4n) is 4.44. The smallest absolute Gasteiger partial charge is 0.256 e. The third kappa shape index (κ3) is 3.15. The molecule has 1 unspecified atom stereocenters. The number of nitrogens with two attached hydrogens (primary N) is 1. The number of rotatable bonds is 3. The van der Waals surface area contributed by atoms with E-state index in [1.54, 1.807) is 10.7 Å². The summed E-state index contributed by atoms with van der Waals surface area (Å²) < 4.78 is 1.71. The van der Waals surface area contributed by atoms with E-state index in [1.165, 1.54) is 0 Å². The average molecular weight is 381 g/mol. The highest BCUT2D eigenvalue weighted by Gasteiger charge is 2.45. The van der Waals surface area contributed by atoms with E-state index >= 15 is 0 Å². The summed E-state index contributed by atoms with van der Waals surface area (Å²) in [6.07, 6.45) is 3.68. The second-order valence-corrected chi connectivity index (χ2v) is 8.04. The third-order valence-electron chi connectivity index (χ3n) is 5.96. The van der Waals surface area contributed by atoms with Crippen LogP contribution in [0.3, 0.4) is 0 Å². The Balaban J connectivity index is 1.51. The van der Waals surface area contributed by atoms with Gasteiger partial charge in [0.25, 0.3) is 5.91 Å². The van der Waals surface area contributed by atoms with Crippen molar-refractivity contribution in [3.63, 3.8) is 0 Å². The molecule has 2 amide bonds. The summed E-state index contributed by atoms with van der Waals surface area (Å²) in [5, 5.41) is 4.37. The van der Waals surface area contributed by atoms with Crippen molar-refractivity contribution >= 4 is 17.5 Å².